The van der Waals surface area contributed by atoms with E-state index in [4.69, 9.17) is 0 Å². The number of benzene rings is 1. The van der Waals surface area contributed by atoms with E-state index in [1.54, 1.807) is 0 Å². The molecule has 1 fully saturated rings. The van der Waals surface area contributed by atoms with E-state index in [0.717, 1.165) is 6.54 Å². The highest BCUT2D eigenvalue weighted by Gasteiger charge is 2.25. The molecule has 0 bridgehead atoms. The third kappa shape index (κ3) is 3.35. The predicted molar refractivity (Wildman–Crippen MR) is 72.9 cm³/mol. The predicted octanol–water partition coefficient (Wildman–Crippen LogP) is 3.33. The van der Waals surface area contributed by atoms with E-state index in [0.29, 0.717) is 12.0 Å². The van der Waals surface area contributed by atoms with Gasteiger partial charge in [0.2, 0.25) is 0 Å². The van der Waals surface area contributed by atoms with Crippen LogP contribution in [0.2, 0.25) is 0 Å². The van der Waals surface area contributed by atoms with Crippen LogP contribution in [-0.4, -0.2) is 12.6 Å². The number of hydrogen-bond donors (Lipinski definition) is 1. The summed E-state index contributed by atoms with van der Waals surface area (Å²) < 4.78 is 0. The Hall–Kier alpha value is -1.26. The molecule has 0 saturated heterocycles. The lowest BCUT2D eigenvalue weighted by molar-refractivity contribution is 0.337. The molecule has 1 nitrogen and oxygen atoms in total. The van der Waals surface area contributed by atoms with Crippen molar-refractivity contribution in [3.8, 4) is 11.8 Å². The van der Waals surface area contributed by atoms with Crippen molar-refractivity contribution in [3.05, 3.63) is 35.9 Å². The van der Waals surface area contributed by atoms with Crippen LogP contribution in [0.4, 0.5) is 0 Å². The van der Waals surface area contributed by atoms with E-state index < -0.39 is 0 Å². The van der Waals surface area contributed by atoms with E-state index in [2.05, 4.69) is 47.5 Å². The average molecular weight is 227 g/mol. The topological polar surface area (TPSA) is 12.0 Å². The van der Waals surface area contributed by atoms with Gasteiger partial charge in [-0.25, -0.2) is 0 Å². The van der Waals surface area contributed by atoms with Crippen molar-refractivity contribution in [2.45, 2.75) is 44.6 Å². The van der Waals surface area contributed by atoms with Crippen molar-refractivity contribution in [2.75, 3.05) is 6.54 Å². The van der Waals surface area contributed by atoms with Crippen LogP contribution in [0.15, 0.2) is 30.3 Å². The molecule has 1 aromatic carbocycles. The lowest BCUT2D eigenvalue weighted by Gasteiger charge is -2.32. The van der Waals surface area contributed by atoms with Gasteiger partial charge in [0.15, 0.2) is 0 Å². The van der Waals surface area contributed by atoms with E-state index in [1.165, 1.54) is 31.2 Å². The average Bonchev–Trinajstić information content (AvgIpc) is 2.41. The first-order valence-electron chi connectivity index (χ1n) is 6.59. The minimum Gasteiger partial charge on any atom is -0.303 e. The summed E-state index contributed by atoms with van der Waals surface area (Å²) in [6.45, 7) is 2.72. The second-order valence-corrected chi connectivity index (χ2v) is 4.72. The number of rotatable bonds is 3. The summed E-state index contributed by atoms with van der Waals surface area (Å²) in [6, 6.07) is 11.5. The normalized spacial score (nSPS) is 23.8. The third-order valence-electron chi connectivity index (χ3n) is 3.62. The van der Waals surface area contributed by atoms with Crippen LogP contribution < -0.4 is 5.32 Å². The second-order valence-electron chi connectivity index (χ2n) is 4.72. The van der Waals surface area contributed by atoms with Gasteiger partial charge >= 0.3 is 0 Å². The lowest BCUT2D eigenvalue weighted by atomic mass is 9.80. The Morgan fingerprint density at radius 1 is 1.18 bits per heavy atom. The Morgan fingerprint density at radius 2 is 1.94 bits per heavy atom. The van der Waals surface area contributed by atoms with Gasteiger partial charge in [-0.15, -0.1) is 5.92 Å². The number of nitrogens with one attached hydrogen (secondary N) is 1. The molecule has 1 aliphatic rings. The van der Waals surface area contributed by atoms with E-state index in [1.807, 2.05) is 6.92 Å². The van der Waals surface area contributed by atoms with Crippen LogP contribution in [0.25, 0.3) is 0 Å². The summed E-state index contributed by atoms with van der Waals surface area (Å²) >= 11 is 0. The van der Waals surface area contributed by atoms with E-state index in [9.17, 15) is 0 Å². The van der Waals surface area contributed by atoms with Crippen molar-refractivity contribution in [2.24, 2.45) is 0 Å². The first kappa shape index (κ1) is 12.2. The SMILES string of the molecule is CC#CCNC1CCCCC1c1ccccc1. The molecule has 1 N–H and O–H groups in total. The van der Waals surface area contributed by atoms with Crippen LogP contribution in [0.1, 0.15) is 44.1 Å². The van der Waals surface area contributed by atoms with Crippen molar-refractivity contribution in [1.29, 1.82) is 0 Å². The Morgan fingerprint density at radius 3 is 2.71 bits per heavy atom. The third-order valence-corrected chi connectivity index (χ3v) is 3.62. The molecule has 0 heterocycles. The summed E-state index contributed by atoms with van der Waals surface area (Å²) in [4.78, 5) is 0. The zero-order valence-electron chi connectivity index (χ0n) is 10.6. The largest absolute Gasteiger partial charge is 0.303 e. The zero-order valence-corrected chi connectivity index (χ0v) is 10.6. The van der Waals surface area contributed by atoms with Gasteiger partial charge in [-0.05, 0) is 31.2 Å². The van der Waals surface area contributed by atoms with Gasteiger partial charge in [-0.1, -0.05) is 49.1 Å². The molecule has 0 amide bonds. The molecule has 0 radical (unpaired) electrons. The van der Waals surface area contributed by atoms with Crippen molar-refractivity contribution in [3.63, 3.8) is 0 Å². The minimum absolute atomic E-state index is 0.604. The Bertz CT molecular complexity index is 385. The van der Waals surface area contributed by atoms with Gasteiger partial charge in [-0.3, -0.25) is 0 Å². The summed E-state index contributed by atoms with van der Waals surface area (Å²) in [7, 11) is 0. The maximum atomic E-state index is 3.60. The fourth-order valence-electron chi connectivity index (χ4n) is 2.74. The van der Waals surface area contributed by atoms with Crippen LogP contribution >= 0.6 is 0 Å². The Kier molecular flexibility index (Phi) is 4.64. The molecule has 17 heavy (non-hydrogen) atoms. The molecule has 2 atom stereocenters. The Balaban J connectivity index is 2.03. The molecule has 0 spiro atoms. The molecule has 2 rings (SSSR count). The smallest absolute Gasteiger partial charge is 0.0578 e. The van der Waals surface area contributed by atoms with Gasteiger partial charge < -0.3 is 5.32 Å². The van der Waals surface area contributed by atoms with E-state index >= 15 is 0 Å². The van der Waals surface area contributed by atoms with Crippen molar-refractivity contribution in [1.82, 2.24) is 5.32 Å². The highest BCUT2D eigenvalue weighted by atomic mass is 14.9. The van der Waals surface area contributed by atoms with Crippen LogP contribution in [0.5, 0.6) is 0 Å². The van der Waals surface area contributed by atoms with E-state index in [-0.39, 0.29) is 0 Å². The standard InChI is InChI=1S/C16H21N/c1-2-3-13-17-16-12-8-7-11-15(16)14-9-5-4-6-10-14/h4-6,9-10,15-17H,7-8,11-13H2,1H3. The molecule has 2 unspecified atom stereocenters. The Labute approximate surface area is 105 Å². The minimum atomic E-state index is 0.604. The molecule has 0 aromatic heterocycles. The van der Waals surface area contributed by atoms with Gasteiger partial charge in [0.1, 0.15) is 0 Å². The molecule has 0 aliphatic heterocycles. The van der Waals surface area contributed by atoms with Crippen LogP contribution in [-0.2, 0) is 0 Å². The first-order chi connectivity index (χ1) is 8.42. The first-order valence-corrected chi connectivity index (χ1v) is 6.59. The fraction of sp³-hybridized carbons (Fsp3) is 0.500. The number of hydrogen-bond acceptors (Lipinski definition) is 1. The quantitative estimate of drug-likeness (QED) is 0.781. The molecule has 90 valence electrons. The van der Waals surface area contributed by atoms with Crippen LogP contribution in [0, 0.1) is 11.8 Å². The van der Waals surface area contributed by atoms with Gasteiger partial charge in [-0.2, -0.15) is 0 Å². The highest BCUT2D eigenvalue weighted by molar-refractivity contribution is 5.22. The maximum Gasteiger partial charge on any atom is 0.0578 e. The fourth-order valence-corrected chi connectivity index (χ4v) is 2.74. The molecule has 1 aliphatic carbocycles. The summed E-state index contributed by atoms with van der Waals surface area (Å²) in [6.07, 6.45) is 5.30. The molecular weight excluding hydrogens is 206 g/mol. The summed E-state index contributed by atoms with van der Waals surface area (Å²) in [5, 5.41) is 3.60. The molecule has 1 heteroatoms. The van der Waals surface area contributed by atoms with Crippen LogP contribution in [0.3, 0.4) is 0 Å². The lowest BCUT2D eigenvalue weighted by Crippen LogP contribution is -2.37. The monoisotopic (exact) mass is 227 g/mol. The molecule has 1 aromatic rings. The van der Waals surface area contributed by atoms with Gasteiger partial charge in [0.05, 0.1) is 6.54 Å². The second kappa shape index (κ2) is 6.47. The molecule has 1 saturated carbocycles. The zero-order chi connectivity index (χ0) is 11.9. The summed E-state index contributed by atoms with van der Waals surface area (Å²) in [5.74, 6) is 6.73. The molecular formula is C16H21N. The summed E-state index contributed by atoms with van der Waals surface area (Å²) in [5.41, 5.74) is 1.48. The van der Waals surface area contributed by atoms with Crippen molar-refractivity contribution >= 4 is 0 Å². The van der Waals surface area contributed by atoms with Crippen molar-refractivity contribution < 1.29 is 0 Å². The van der Waals surface area contributed by atoms with Gasteiger partial charge in [0, 0.05) is 6.04 Å². The van der Waals surface area contributed by atoms with Gasteiger partial charge in [0.25, 0.3) is 0 Å². The highest BCUT2D eigenvalue weighted by Crippen LogP contribution is 2.32. The maximum absolute atomic E-state index is 3.60.